The van der Waals surface area contributed by atoms with E-state index < -0.39 is 11.4 Å². The zero-order valence-corrected chi connectivity index (χ0v) is 20.1. The first kappa shape index (κ1) is 24.9. The maximum Gasteiger partial charge on any atom is 0.320 e. The van der Waals surface area contributed by atoms with Gasteiger partial charge < -0.3 is 24.4 Å². The van der Waals surface area contributed by atoms with Gasteiger partial charge in [0.15, 0.2) is 5.41 Å². The highest BCUT2D eigenvalue weighted by Gasteiger charge is 2.51. The maximum atomic E-state index is 11.5. The number of carboxylic acid groups (broad SMARTS) is 1. The van der Waals surface area contributed by atoms with Gasteiger partial charge in [0.1, 0.15) is 17.5 Å². The number of halogens is 1. The Morgan fingerprint density at radius 2 is 2.00 bits per heavy atom. The molecular weight excluding hydrogens is 488 g/mol. The third-order valence-electron chi connectivity index (χ3n) is 5.63. The van der Waals surface area contributed by atoms with E-state index in [1.165, 1.54) is 0 Å². The van der Waals surface area contributed by atoms with Crippen LogP contribution in [0.4, 0.5) is 5.69 Å². The summed E-state index contributed by atoms with van der Waals surface area (Å²) in [4.78, 5) is 30.3. The van der Waals surface area contributed by atoms with E-state index in [4.69, 9.17) is 25.6 Å². The van der Waals surface area contributed by atoms with Crippen LogP contribution in [-0.2, 0) is 19.1 Å². The maximum absolute atomic E-state index is 11.5. The molecule has 4 heterocycles. The van der Waals surface area contributed by atoms with E-state index in [0.717, 1.165) is 5.56 Å². The average Bonchev–Trinajstić information content (AvgIpc) is 3.52. The molecule has 5 rings (SSSR count). The van der Waals surface area contributed by atoms with Crippen molar-refractivity contribution in [2.75, 3.05) is 25.6 Å². The number of anilines is 1. The van der Waals surface area contributed by atoms with E-state index in [1.54, 1.807) is 38.4 Å². The van der Waals surface area contributed by atoms with Crippen molar-refractivity contribution in [2.45, 2.75) is 13.0 Å². The number of carboxylic acids is 1. The van der Waals surface area contributed by atoms with E-state index in [9.17, 15) is 14.7 Å². The molecule has 10 nitrogen and oxygen atoms in total. The zero-order valence-electron chi connectivity index (χ0n) is 19.3. The molecule has 184 valence electrons. The third-order valence-corrected chi connectivity index (χ3v) is 5.98. The number of fused-ring (bicyclic) bond motifs is 1. The van der Waals surface area contributed by atoms with Crippen LogP contribution in [0.5, 0.6) is 0 Å². The Morgan fingerprint density at radius 3 is 2.61 bits per heavy atom. The largest absolute Gasteiger partial charge is 0.480 e. The molecule has 0 radical (unpaired) electrons. The van der Waals surface area contributed by atoms with Crippen LogP contribution in [0.25, 0.3) is 0 Å². The number of nitrogens with zero attached hydrogens (tertiary/aromatic N) is 3. The van der Waals surface area contributed by atoms with Crippen LogP contribution in [0.3, 0.4) is 0 Å². The highest BCUT2D eigenvalue weighted by Crippen LogP contribution is 2.39. The highest BCUT2D eigenvalue weighted by atomic mass is 35.5. The lowest BCUT2D eigenvalue weighted by Crippen LogP contribution is -2.50. The van der Waals surface area contributed by atoms with Crippen molar-refractivity contribution in [2.24, 2.45) is 15.4 Å². The first-order valence-corrected chi connectivity index (χ1v) is 11.2. The van der Waals surface area contributed by atoms with Crippen molar-refractivity contribution < 1.29 is 28.7 Å². The van der Waals surface area contributed by atoms with Crippen molar-refractivity contribution in [3.8, 4) is 11.8 Å². The van der Waals surface area contributed by atoms with Gasteiger partial charge in [-0.25, -0.2) is 9.98 Å². The number of aliphatic carboxylic acids is 1. The number of benzene rings is 1. The van der Waals surface area contributed by atoms with Gasteiger partial charge in [0.05, 0.1) is 36.5 Å². The Morgan fingerprint density at radius 1 is 1.25 bits per heavy atom. The molecule has 1 saturated heterocycles. The molecule has 1 unspecified atom stereocenters. The second-order valence-corrected chi connectivity index (χ2v) is 8.31. The molecule has 0 aliphatic carbocycles. The van der Waals surface area contributed by atoms with E-state index in [1.807, 2.05) is 18.2 Å². The quantitative estimate of drug-likeness (QED) is 0.447. The van der Waals surface area contributed by atoms with E-state index in [2.05, 4.69) is 32.3 Å². The van der Waals surface area contributed by atoms with Gasteiger partial charge in [0.25, 0.3) is 6.47 Å². The molecule has 36 heavy (non-hydrogen) atoms. The molecule has 11 heteroatoms. The summed E-state index contributed by atoms with van der Waals surface area (Å²) in [6.45, 7) is 2.46. The number of aromatic nitrogens is 1. The Bertz CT molecular complexity index is 1370. The smallest absolute Gasteiger partial charge is 0.320 e. The van der Waals surface area contributed by atoms with Gasteiger partial charge in [-0.3, -0.25) is 9.59 Å². The Kier molecular flexibility index (Phi) is 7.33. The fourth-order valence-electron chi connectivity index (χ4n) is 3.50. The molecule has 1 aromatic carbocycles. The van der Waals surface area contributed by atoms with Crippen LogP contribution in [0.1, 0.15) is 24.4 Å². The second kappa shape index (κ2) is 10.6. The Labute approximate surface area is 211 Å². The first-order valence-electron chi connectivity index (χ1n) is 10.8. The second-order valence-electron chi connectivity index (χ2n) is 7.90. The fraction of sp³-hybridized carbons (Fsp3) is 0.240. The standard InChI is InChI=1S/C16H12N4O4.C9H9ClO2/c1-17-12-6-18-24-13(12)3-2-9-4-10-11(19-9)5-14(20-10)16(15(21)22)7-23-8-16;1-7(12-6-11)8-4-2-3-5-9(8)10/h4-6,17H,7-8H2,1H3,(H,21,22);2-7H,1H3. The van der Waals surface area contributed by atoms with Gasteiger partial charge in [0, 0.05) is 23.7 Å². The normalized spacial score (nSPS) is 17.3. The average molecular weight is 509 g/mol. The highest BCUT2D eigenvalue weighted by molar-refractivity contribution is 6.54. The summed E-state index contributed by atoms with van der Waals surface area (Å²) in [6.07, 6.45) is 4.66. The molecule has 3 aliphatic rings. The number of carbonyl (C=O) groups is 2. The Balaban J connectivity index is 0.000000214. The summed E-state index contributed by atoms with van der Waals surface area (Å²) in [5.41, 5.74) is 2.72. The molecule has 0 amide bonds. The van der Waals surface area contributed by atoms with Crippen LogP contribution in [-0.4, -0.2) is 54.4 Å². The number of ether oxygens (including phenoxy) is 2. The van der Waals surface area contributed by atoms with E-state index >= 15 is 0 Å². The molecule has 1 aromatic heterocycles. The summed E-state index contributed by atoms with van der Waals surface area (Å²) in [5.74, 6) is 5.23. The topological polar surface area (TPSA) is 136 Å². The van der Waals surface area contributed by atoms with Crippen LogP contribution in [0, 0.1) is 17.3 Å². The number of hydrogen-bond donors (Lipinski definition) is 2. The predicted octanol–water partition coefficient (Wildman–Crippen LogP) is 3.42. The summed E-state index contributed by atoms with van der Waals surface area (Å²) >= 11 is 5.86. The lowest BCUT2D eigenvalue weighted by Gasteiger charge is -2.36. The van der Waals surface area contributed by atoms with Crippen LogP contribution in [0.15, 0.2) is 68.5 Å². The van der Waals surface area contributed by atoms with E-state index in [0.29, 0.717) is 45.8 Å². The molecule has 0 spiro atoms. The van der Waals surface area contributed by atoms with Crippen molar-refractivity contribution in [3.63, 3.8) is 0 Å². The molecule has 0 saturated carbocycles. The van der Waals surface area contributed by atoms with Crippen molar-refractivity contribution >= 4 is 41.2 Å². The monoisotopic (exact) mass is 508 g/mol. The Hall–Kier alpha value is -4.20. The summed E-state index contributed by atoms with van der Waals surface area (Å²) in [7, 11) is 1.75. The number of hydrogen-bond acceptors (Lipinski definition) is 9. The van der Waals surface area contributed by atoms with Gasteiger partial charge in [-0.2, -0.15) is 0 Å². The predicted molar refractivity (Wildman–Crippen MR) is 132 cm³/mol. The van der Waals surface area contributed by atoms with Crippen molar-refractivity contribution in [3.05, 3.63) is 70.4 Å². The van der Waals surface area contributed by atoms with Crippen molar-refractivity contribution in [1.82, 2.24) is 5.16 Å². The summed E-state index contributed by atoms with van der Waals surface area (Å²) in [6, 6.07) is 7.28. The molecular formula is C25H21ClN4O6. The van der Waals surface area contributed by atoms with Gasteiger partial charge in [0.2, 0.25) is 5.76 Å². The number of allylic oxidation sites excluding steroid dienone is 3. The van der Waals surface area contributed by atoms with Crippen molar-refractivity contribution in [1.29, 1.82) is 0 Å². The SMILES string of the molecule is CC(OC=O)c1ccccc1Cl.CNc1cnoc1C#CC1=CC2=NC(C3(C(=O)O)COC3)=CC2=N1. The van der Waals surface area contributed by atoms with Gasteiger partial charge in [-0.1, -0.05) is 35.0 Å². The third kappa shape index (κ3) is 4.93. The van der Waals surface area contributed by atoms with Crippen LogP contribution >= 0.6 is 11.6 Å². The number of nitrogens with one attached hydrogen (secondary N) is 1. The molecule has 3 aliphatic heterocycles. The minimum absolute atomic E-state index is 0.132. The van der Waals surface area contributed by atoms with Crippen LogP contribution in [0.2, 0.25) is 5.02 Å². The molecule has 2 N–H and O–H groups in total. The molecule has 1 fully saturated rings. The zero-order chi connectivity index (χ0) is 25.7. The number of rotatable bonds is 6. The first-order chi connectivity index (χ1) is 17.4. The minimum atomic E-state index is -1.05. The van der Waals surface area contributed by atoms with E-state index in [-0.39, 0.29) is 19.3 Å². The summed E-state index contributed by atoms with van der Waals surface area (Å²) < 4.78 is 14.8. The minimum Gasteiger partial charge on any atom is -0.480 e. The fourth-order valence-corrected chi connectivity index (χ4v) is 3.79. The molecule has 1 atom stereocenters. The van der Waals surface area contributed by atoms with Crippen LogP contribution < -0.4 is 5.32 Å². The molecule has 0 bridgehead atoms. The number of carbonyl (C=O) groups excluding carboxylic acids is 1. The number of aliphatic imine (C=N–C) groups is 2. The summed E-state index contributed by atoms with van der Waals surface area (Å²) in [5, 5.41) is 16.6. The lowest BCUT2D eigenvalue weighted by atomic mass is 9.82. The van der Waals surface area contributed by atoms with Gasteiger partial charge in [-0.05, 0) is 30.9 Å². The van der Waals surface area contributed by atoms with Gasteiger partial charge in [-0.15, -0.1) is 0 Å². The van der Waals surface area contributed by atoms with Gasteiger partial charge >= 0.3 is 5.97 Å². The lowest BCUT2D eigenvalue weighted by molar-refractivity contribution is -0.171. The molecule has 2 aromatic rings.